The van der Waals surface area contributed by atoms with Crippen LogP contribution in [-0.4, -0.2) is 52.6 Å². The Morgan fingerprint density at radius 2 is 1.89 bits per heavy atom. The minimum absolute atomic E-state index is 0.0320. The molecule has 2 atom stereocenters. The van der Waals surface area contributed by atoms with E-state index in [0.717, 1.165) is 16.7 Å². The van der Waals surface area contributed by atoms with Crippen molar-refractivity contribution in [2.45, 2.75) is 37.6 Å². The van der Waals surface area contributed by atoms with Crippen LogP contribution in [0.2, 0.25) is 0 Å². The van der Waals surface area contributed by atoms with Crippen molar-refractivity contribution in [2.24, 2.45) is 5.16 Å². The number of oxime groups is 1. The van der Waals surface area contributed by atoms with Crippen LogP contribution in [0.15, 0.2) is 78.5 Å². The van der Waals surface area contributed by atoms with Crippen molar-refractivity contribution in [3.05, 3.63) is 90.0 Å². The summed E-state index contributed by atoms with van der Waals surface area (Å²) in [7, 11) is 0. The second-order valence-corrected chi connectivity index (χ2v) is 9.70. The molecule has 1 aliphatic heterocycles. The molecule has 9 nitrogen and oxygen atoms in total. The van der Waals surface area contributed by atoms with Gasteiger partial charge in [-0.2, -0.15) is 0 Å². The van der Waals surface area contributed by atoms with E-state index >= 15 is 0 Å². The molecule has 0 radical (unpaired) electrons. The van der Waals surface area contributed by atoms with E-state index in [0.29, 0.717) is 49.6 Å². The van der Waals surface area contributed by atoms with E-state index in [2.05, 4.69) is 25.8 Å². The summed E-state index contributed by atoms with van der Waals surface area (Å²) in [6, 6.07) is 14.8. The van der Waals surface area contributed by atoms with Gasteiger partial charge < -0.3 is 14.9 Å². The lowest BCUT2D eigenvalue weighted by Gasteiger charge is -2.14. The average molecular weight is 534 g/mol. The summed E-state index contributed by atoms with van der Waals surface area (Å²) in [6.45, 7) is 2.54. The monoisotopic (exact) mass is 533 g/mol. The standard InChI is InChI=1S/C28H31N5O4S/c1-2-36-25(34)12-3-4-15-37-33-26(21-9-6-13-29-17-21)20-8-5-11-23(16-20)31-27(35)24-19-38-28(32-24)22-10-7-14-30-18-22/h5-11,13-14,16-18,24,28,32H,2-4,12,15,19H2,1H3,(H,31,35)/b33-26-. The molecule has 1 saturated heterocycles. The molecule has 0 saturated carbocycles. The molecule has 1 aliphatic rings. The number of unbranched alkanes of at least 4 members (excludes halogenated alkanes) is 1. The Morgan fingerprint density at radius 3 is 2.66 bits per heavy atom. The van der Waals surface area contributed by atoms with Crippen LogP contribution in [0.1, 0.15) is 48.3 Å². The lowest BCUT2D eigenvalue weighted by Crippen LogP contribution is -2.38. The van der Waals surface area contributed by atoms with Gasteiger partial charge in [-0.05, 0) is 55.7 Å². The van der Waals surface area contributed by atoms with Gasteiger partial charge in [0.05, 0.1) is 18.0 Å². The van der Waals surface area contributed by atoms with Gasteiger partial charge in [-0.3, -0.25) is 24.9 Å². The highest BCUT2D eigenvalue weighted by molar-refractivity contribution is 7.99. The van der Waals surface area contributed by atoms with Crippen LogP contribution in [0.5, 0.6) is 0 Å². The third kappa shape index (κ3) is 7.87. The minimum atomic E-state index is -0.321. The van der Waals surface area contributed by atoms with E-state index in [1.807, 2.05) is 54.7 Å². The zero-order valence-corrected chi connectivity index (χ0v) is 22.0. The van der Waals surface area contributed by atoms with Crippen LogP contribution >= 0.6 is 11.8 Å². The van der Waals surface area contributed by atoms with Gasteiger partial charge in [-0.1, -0.05) is 23.4 Å². The summed E-state index contributed by atoms with van der Waals surface area (Å²) >= 11 is 1.69. The number of ether oxygens (including phenoxy) is 1. The van der Waals surface area contributed by atoms with E-state index in [1.54, 1.807) is 37.3 Å². The normalized spacial score (nSPS) is 17.1. The van der Waals surface area contributed by atoms with Crippen LogP contribution in [0.25, 0.3) is 0 Å². The molecule has 1 amide bonds. The Kier molecular flexibility index (Phi) is 10.2. The number of esters is 1. The van der Waals surface area contributed by atoms with Crippen LogP contribution in [-0.2, 0) is 19.2 Å². The summed E-state index contributed by atoms with van der Waals surface area (Å²) in [6.07, 6.45) is 8.65. The fraction of sp³-hybridized carbons (Fsp3) is 0.321. The number of benzene rings is 1. The van der Waals surface area contributed by atoms with E-state index in [9.17, 15) is 9.59 Å². The second kappa shape index (κ2) is 14.3. The molecule has 198 valence electrons. The van der Waals surface area contributed by atoms with Crippen molar-refractivity contribution in [1.82, 2.24) is 15.3 Å². The van der Waals surface area contributed by atoms with Crippen molar-refractivity contribution < 1.29 is 19.2 Å². The first-order valence-electron chi connectivity index (χ1n) is 12.6. The molecule has 38 heavy (non-hydrogen) atoms. The van der Waals surface area contributed by atoms with Gasteiger partial charge in [-0.25, -0.2) is 0 Å². The summed E-state index contributed by atoms with van der Waals surface area (Å²) in [5.41, 5.74) is 3.88. The highest BCUT2D eigenvalue weighted by atomic mass is 32.2. The number of carbonyl (C=O) groups is 2. The third-order valence-corrected chi connectivity index (χ3v) is 7.02. The third-order valence-electron chi connectivity index (χ3n) is 5.75. The molecule has 10 heteroatoms. The van der Waals surface area contributed by atoms with Crippen LogP contribution in [0, 0.1) is 0 Å². The van der Waals surface area contributed by atoms with Crippen molar-refractivity contribution in [1.29, 1.82) is 0 Å². The van der Waals surface area contributed by atoms with Crippen molar-refractivity contribution >= 4 is 35.0 Å². The minimum Gasteiger partial charge on any atom is -0.466 e. The number of aromatic nitrogens is 2. The Bertz CT molecular complexity index is 1230. The van der Waals surface area contributed by atoms with Gasteiger partial charge in [-0.15, -0.1) is 11.8 Å². The number of thioether (sulfide) groups is 1. The number of hydrogen-bond acceptors (Lipinski definition) is 9. The quantitative estimate of drug-likeness (QED) is 0.153. The lowest BCUT2D eigenvalue weighted by atomic mass is 10.0. The fourth-order valence-corrected chi connectivity index (χ4v) is 5.10. The van der Waals surface area contributed by atoms with Crippen molar-refractivity contribution in [3.63, 3.8) is 0 Å². The van der Waals surface area contributed by atoms with Gasteiger partial charge in [0.25, 0.3) is 0 Å². The molecule has 0 bridgehead atoms. The van der Waals surface area contributed by atoms with E-state index in [1.165, 1.54) is 0 Å². The van der Waals surface area contributed by atoms with E-state index in [-0.39, 0.29) is 23.3 Å². The topological polar surface area (TPSA) is 115 Å². The molecule has 3 heterocycles. The number of nitrogens with zero attached hydrogens (tertiary/aromatic N) is 3. The van der Waals surface area contributed by atoms with Gasteiger partial charge in [0.2, 0.25) is 5.91 Å². The van der Waals surface area contributed by atoms with Crippen LogP contribution < -0.4 is 10.6 Å². The Morgan fingerprint density at radius 1 is 1.08 bits per heavy atom. The summed E-state index contributed by atoms with van der Waals surface area (Å²) < 4.78 is 4.95. The smallest absolute Gasteiger partial charge is 0.305 e. The maximum atomic E-state index is 13.0. The maximum Gasteiger partial charge on any atom is 0.305 e. The Labute approximate surface area is 226 Å². The predicted octanol–water partition coefficient (Wildman–Crippen LogP) is 4.32. The first kappa shape index (κ1) is 27.3. The van der Waals surface area contributed by atoms with E-state index in [4.69, 9.17) is 9.57 Å². The van der Waals surface area contributed by atoms with Crippen LogP contribution in [0.4, 0.5) is 5.69 Å². The summed E-state index contributed by atoms with van der Waals surface area (Å²) in [5, 5.41) is 10.8. The second-order valence-electron chi connectivity index (χ2n) is 8.57. The molecule has 4 rings (SSSR count). The number of rotatable bonds is 12. The molecule has 1 fully saturated rings. The molecule has 0 aliphatic carbocycles. The van der Waals surface area contributed by atoms with E-state index < -0.39 is 0 Å². The molecule has 3 aromatic rings. The van der Waals surface area contributed by atoms with Gasteiger partial charge in [0.1, 0.15) is 12.3 Å². The molecule has 2 aromatic heterocycles. The Hall–Kier alpha value is -3.76. The number of pyridine rings is 2. The largest absolute Gasteiger partial charge is 0.466 e. The maximum absolute atomic E-state index is 13.0. The summed E-state index contributed by atoms with van der Waals surface area (Å²) in [4.78, 5) is 38.5. The van der Waals surface area contributed by atoms with Crippen LogP contribution in [0.3, 0.4) is 0 Å². The first-order chi connectivity index (χ1) is 18.6. The molecule has 2 unspecified atom stereocenters. The van der Waals surface area contributed by atoms with Gasteiger partial charge in [0.15, 0.2) is 0 Å². The number of nitrogens with one attached hydrogen (secondary N) is 2. The number of amides is 1. The average Bonchev–Trinajstić information content (AvgIpc) is 3.45. The van der Waals surface area contributed by atoms with Gasteiger partial charge in [0, 0.05) is 53.8 Å². The lowest BCUT2D eigenvalue weighted by molar-refractivity contribution is -0.143. The number of hydrogen-bond donors (Lipinski definition) is 2. The first-order valence-corrected chi connectivity index (χ1v) is 13.6. The number of anilines is 1. The zero-order chi connectivity index (χ0) is 26.6. The molecular formula is C28H31N5O4S. The van der Waals surface area contributed by atoms with Gasteiger partial charge >= 0.3 is 5.97 Å². The summed E-state index contributed by atoms with van der Waals surface area (Å²) in [5.74, 6) is 0.362. The van der Waals surface area contributed by atoms with Crippen molar-refractivity contribution in [3.8, 4) is 0 Å². The number of carbonyl (C=O) groups excluding carboxylic acids is 2. The SMILES string of the molecule is CCOC(=O)CCCCO/N=C(\c1cccnc1)c1cccc(NC(=O)C2CSC(c3cccnc3)N2)c1. The van der Waals surface area contributed by atoms with Crippen molar-refractivity contribution in [2.75, 3.05) is 24.3 Å². The predicted molar refractivity (Wildman–Crippen MR) is 148 cm³/mol. The highest BCUT2D eigenvalue weighted by Crippen LogP contribution is 2.32. The molecule has 1 aromatic carbocycles. The highest BCUT2D eigenvalue weighted by Gasteiger charge is 2.30. The molecular weight excluding hydrogens is 502 g/mol. The Balaban J connectivity index is 1.39. The fourth-order valence-electron chi connectivity index (χ4n) is 3.87. The molecule has 0 spiro atoms. The molecule has 2 N–H and O–H groups in total. The zero-order valence-electron chi connectivity index (χ0n) is 21.2.